The van der Waals surface area contributed by atoms with Gasteiger partial charge in [-0.05, 0) is 42.3 Å². The van der Waals surface area contributed by atoms with Gasteiger partial charge in [0, 0.05) is 4.88 Å². The Bertz CT molecular complexity index is 311. The molecule has 1 aliphatic carbocycles. The van der Waals surface area contributed by atoms with Gasteiger partial charge in [0.2, 0.25) is 0 Å². The first kappa shape index (κ1) is 8.02. The van der Waals surface area contributed by atoms with Crippen LogP contribution in [0, 0.1) is 6.92 Å². The number of rotatable bonds is 1. The average molecular weight is 180 g/mol. The van der Waals surface area contributed by atoms with Crippen LogP contribution in [0.4, 0.5) is 0 Å². The summed E-state index contributed by atoms with van der Waals surface area (Å²) < 4.78 is 0. The Morgan fingerprint density at radius 1 is 1.58 bits per heavy atom. The molecule has 2 rings (SSSR count). The second-order valence-electron chi connectivity index (χ2n) is 3.24. The molecule has 1 N–H and O–H groups in total. The Hall–Kier alpha value is -0.600. The second-order valence-corrected chi connectivity index (χ2v) is 4.36. The zero-order valence-corrected chi connectivity index (χ0v) is 7.90. The van der Waals surface area contributed by atoms with Crippen molar-refractivity contribution < 1.29 is 5.11 Å². The largest absolute Gasteiger partial charge is 0.389 e. The van der Waals surface area contributed by atoms with Gasteiger partial charge >= 0.3 is 0 Å². The fourth-order valence-corrected chi connectivity index (χ4v) is 2.28. The van der Waals surface area contributed by atoms with Crippen LogP contribution in [0.5, 0.6) is 0 Å². The summed E-state index contributed by atoms with van der Waals surface area (Å²) in [5, 5.41) is 11.5. The summed E-state index contributed by atoms with van der Waals surface area (Å²) in [6.45, 7) is 2.11. The highest BCUT2D eigenvalue weighted by atomic mass is 32.1. The first-order valence-electron chi connectivity index (χ1n) is 4.20. The van der Waals surface area contributed by atoms with Crippen molar-refractivity contribution in [3.8, 4) is 0 Å². The molecule has 1 nitrogen and oxygen atoms in total. The van der Waals surface area contributed by atoms with Crippen LogP contribution in [-0.4, -0.2) is 11.2 Å². The van der Waals surface area contributed by atoms with E-state index in [1.54, 1.807) is 11.3 Å². The molecular formula is C10H12OS. The lowest BCUT2D eigenvalue weighted by molar-refractivity contribution is 0.223. The summed E-state index contributed by atoms with van der Waals surface area (Å²) in [4.78, 5) is 1.34. The van der Waals surface area contributed by atoms with Crippen LogP contribution in [0.3, 0.4) is 0 Å². The van der Waals surface area contributed by atoms with Crippen LogP contribution < -0.4 is 0 Å². The molecule has 0 bridgehead atoms. The van der Waals surface area contributed by atoms with E-state index in [1.165, 1.54) is 16.0 Å². The minimum Gasteiger partial charge on any atom is -0.389 e. The molecule has 1 aliphatic rings. The van der Waals surface area contributed by atoms with Crippen LogP contribution in [0.25, 0.3) is 5.57 Å². The van der Waals surface area contributed by atoms with Crippen molar-refractivity contribution in [2.75, 3.05) is 0 Å². The quantitative estimate of drug-likeness (QED) is 0.704. The van der Waals surface area contributed by atoms with Crippen molar-refractivity contribution in [2.45, 2.75) is 25.9 Å². The first-order valence-corrected chi connectivity index (χ1v) is 5.08. The number of hydrogen-bond donors (Lipinski definition) is 1. The molecule has 0 aromatic carbocycles. The maximum Gasteiger partial charge on any atom is 0.0730 e. The summed E-state index contributed by atoms with van der Waals surface area (Å²) in [5.74, 6) is 0. The van der Waals surface area contributed by atoms with Gasteiger partial charge in [-0.2, -0.15) is 0 Å². The number of aryl methyl sites for hydroxylation is 1. The number of thiophene rings is 1. The molecule has 0 spiro atoms. The van der Waals surface area contributed by atoms with Crippen molar-refractivity contribution in [1.29, 1.82) is 0 Å². The molecule has 0 fully saturated rings. The van der Waals surface area contributed by atoms with E-state index < -0.39 is 0 Å². The van der Waals surface area contributed by atoms with Crippen LogP contribution in [0.15, 0.2) is 17.5 Å². The highest BCUT2D eigenvalue weighted by Crippen LogP contribution is 2.30. The van der Waals surface area contributed by atoms with Gasteiger partial charge in [0.1, 0.15) is 0 Å². The van der Waals surface area contributed by atoms with Crippen LogP contribution in [-0.2, 0) is 0 Å². The van der Waals surface area contributed by atoms with Gasteiger partial charge in [-0.15, -0.1) is 11.3 Å². The first-order chi connectivity index (χ1) is 5.75. The molecule has 12 heavy (non-hydrogen) atoms. The normalized spacial score (nSPS) is 22.8. The van der Waals surface area contributed by atoms with Gasteiger partial charge in [-0.3, -0.25) is 0 Å². The van der Waals surface area contributed by atoms with Gasteiger partial charge in [-0.25, -0.2) is 0 Å². The highest BCUT2D eigenvalue weighted by Gasteiger charge is 2.14. The van der Waals surface area contributed by atoms with Crippen molar-refractivity contribution in [1.82, 2.24) is 0 Å². The number of aliphatic hydroxyl groups excluding tert-OH is 1. The van der Waals surface area contributed by atoms with Crippen molar-refractivity contribution in [2.24, 2.45) is 0 Å². The van der Waals surface area contributed by atoms with Gasteiger partial charge < -0.3 is 5.11 Å². The molecule has 1 aromatic rings. The van der Waals surface area contributed by atoms with Crippen LogP contribution in [0.1, 0.15) is 23.3 Å². The zero-order valence-electron chi connectivity index (χ0n) is 7.08. The maximum absolute atomic E-state index is 9.29. The predicted molar refractivity (Wildman–Crippen MR) is 52.3 cm³/mol. The summed E-state index contributed by atoms with van der Waals surface area (Å²) in [6, 6.07) is 2.19. The molecule has 64 valence electrons. The molecule has 0 aliphatic heterocycles. The Kier molecular flexibility index (Phi) is 2.03. The lowest BCUT2D eigenvalue weighted by Crippen LogP contribution is -1.93. The molecule has 0 amide bonds. The molecule has 1 aromatic heterocycles. The SMILES string of the molecule is Cc1cc(C2=CC(O)CC2)cs1. The van der Waals surface area contributed by atoms with Gasteiger partial charge in [0.05, 0.1) is 6.10 Å². The zero-order chi connectivity index (χ0) is 8.55. The van der Waals surface area contributed by atoms with Crippen LogP contribution in [0.2, 0.25) is 0 Å². The second kappa shape index (κ2) is 3.04. The highest BCUT2D eigenvalue weighted by molar-refractivity contribution is 7.10. The van der Waals surface area contributed by atoms with E-state index in [9.17, 15) is 5.11 Å². The molecule has 1 atom stereocenters. The molecule has 1 unspecified atom stereocenters. The Morgan fingerprint density at radius 3 is 2.92 bits per heavy atom. The van der Waals surface area contributed by atoms with E-state index in [0.29, 0.717) is 0 Å². The number of hydrogen-bond acceptors (Lipinski definition) is 2. The standard InChI is InChI=1S/C10H12OS/c1-7-4-9(6-12-7)8-2-3-10(11)5-8/h4-6,10-11H,2-3H2,1H3. The monoisotopic (exact) mass is 180 g/mol. The minimum absolute atomic E-state index is 0.208. The molecule has 0 radical (unpaired) electrons. The lowest BCUT2D eigenvalue weighted by Gasteiger charge is -1.93. The van der Waals surface area contributed by atoms with Gasteiger partial charge in [0.15, 0.2) is 0 Å². The molecule has 0 saturated heterocycles. The Labute approximate surface area is 76.4 Å². The van der Waals surface area contributed by atoms with E-state index in [4.69, 9.17) is 0 Å². The summed E-state index contributed by atoms with van der Waals surface area (Å²) in [5.41, 5.74) is 2.61. The Morgan fingerprint density at radius 2 is 2.42 bits per heavy atom. The van der Waals surface area contributed by atoms with Gasteiger partial charge in [-0.1, -0.05) is 6.08 Å². The van der Waals surface area contributed by atoms with Crippen LogP contribution >= 0.6 is 11.3 Å². The fourth-order valence-electron chi connectivity index (χ4n) is 1.55. The average Bonchev–Trinajstić information content (AvgIpc) is 2.58. The molecule has 2 heteroatoms. The van der Waals surface area contributed by atoms with E-state index in [0.717, 1.165) is 12.8 Å². The Balaban J connectivity index is 2.26. The third-order valence-corrected chi connectivity index (χ3v) is 3.07. The van der Waals surface area contributed by atoms with Crippen molar-refractivity contribution >= 4 is 16.9 Å². The topological polar surface area (TPSA) is 20.2 Å². The summed E-state index contributed by atoms with van der Waals surface area (Å²) in [7, 11) is 0. The maximum atomic E-state index is 9.29. The fraction of sp³-hybridized carbons (Fsp3) is 0.400. The molecule has 0 saturated carbocycles. The third kappa shape index (κ3) is 1.45. The smallest absolute Gasteiger partial charge is 0.0730 e. The molecular weight excluding hydrogens is 168 g/mol. The number of allylic oxidation sites excluding steroid dienone is 1. The van der Waals surface area contributed by atoms with E-state index in [1.807, 2.05) is 6.08 Å². The van der Waals surface area contributed by atoms with E-state index in [2.05, 4.69) is 18.4 Å². The van der Waals surface area contributed by atoms with E-state index in [-0.39, 0.29) is 6.10 Å². The number of aliphatic hydroxyl groups is 1. The van der Waals surface area contributed by atoms with Crippen molar-refractivity contribution in [3.05, 3.63) is 28.0 Å². The van der Waals surface area contributed by atoms with E-state index >= 15 is 0 Å². The minimum atomic E-state index is -0.208. The lowest BCUT2D eigenvalue weighted by atomic mass is 10.1. The summed E-state index contributed by atoms with van der Waals surface area (Å²) in [6.07, 6.45) is 3.68. The summed E-state index contributed by atoms with van der Waals surface area (Å²) >= 11 is 1.77. The van der Waals surface area contributed by atoms with Gasteiger partial charge in [0.25, 0.3) is 0 Å². The molecule has 1 heterocycles. The third-order valence-electron chi connectivity index (χ3n) is 2.20. The predicted octanol–water partition coefficient (Wildman–Crippen LogP) is 2.59. The van der Waals surface area contributed by atoms with Crippen molar-refractivity contribution in [3.63, 3.8) is 0 Å².